The second-order valence-electron chi connectivity index (χ2n) is 13.3. The summed E-state index contributed by atoms with van der Waals surface area (Å²) >= 11 is 12.9. The molecule has 14 heteroatoms. The van der Waals surface area contributed by atoms with E-state index in [1.807, 2.05) is 6.92 Å². The number of amides is 4. The fourth-order valence-corrected chi connectivity index (χ4v) is 7.04. The summed E-state index contributed by atoms with van der Waals surface area (Å²) in [6, 6.07) is 13.8. The van der Waals surface area contributed by atoms with Crippen molar-refractivity contribution in [3.05, 3.63) is 98.9 Å². The van der Waals surface area contributed by atoms with Crippen molar-refractivity contribution >= 4 is 57.9 Å². The lowest BCUT2D eigenvalue weighted by molar-refractivity contribution is -0.135. The normalized spacial score (nSPS) is 17.0. The molecule has 1 heterocycles. The molecule has 52 heavy (non-hydrogen) atoms. The van der Waals surface area contributed by atoms with Gasteiger partial charge in [-0.1, -0.05) is 73.8 Å². The Kier molecular flexibility index (Phi) is 12.3. The van der Waals surface area contributed by atoms with Crippen molar-refractivity contribution in [1.29, 1.82) is 0 Å². The van der Waals surface area contributed by atoms with Crippen molar-refractivity contribution in [2.24, 2.45) is 11.7 Å². The number of rotatable bonds is 14. The van der Waals surface area contributed by atoms with Crippen molar-refractivity contribution in [2.45, 2.75) is 83.0 Å². The van der Waals surface area contributed by atoms with Crippen LogP contribution in [0, 0.1) is 11.7 Å². The monoisotopic (exact) mass is 753 g/mol. The summed E-state index contributed by atoms with van der Waals surface area (Å²) in [4.78, 5) is 56.6. The summed E-state index contributed by atoms with van der Waals surface area (Å²) in [5.74, 6) is -2.48. The fraction of sp³-hybridized carbons (Fsp3) is 0.368. The number of hydrogen-bond acceptors (Lipinski definition) is 6. The van der Waals surface area contributed by atoms with Crippen LogP contribution in [-0.2, 0) is 44.8 Å². The van der Waals surface area contributed by atoms with Gasteiger partial charge in [0.2, 0.25) is 17.7 Å². The summed E-state index contributed by atoms with van der Waals surface area (Å²) < 4.78 is 20.3. The molecule has 0 aliphatic heterocycles. The Labute approximate surface area is 310 Å². The summed E-state index contributed by atoms with van der Waals surface area (Å²) in [7, 11) is 0. The predicted octanol–water partition coefficient (Wildman–Crippen LogP) is 6.00. The molecule has 4 amide bonds. The lowest BCUT2D eigenvalue weighted by Gasteiger charge is -2.38. The van der Waals surface area contributed by atoms with Gasteiger partial charge in [0.25, 0.3) is 0 Å². The second kappa shape index (κ2) is 16.7. The van der Waals surface area contributed by atoms with Crippen LogP contribution < -0.4 is 21.7 Å². The van der Waals surface area contributed by atoms with Gasteiger partial charge in [0.15, 0.2) is 5.72 Å². The molecule has 4 atom stereocenters. The Hall–Kier alpha value is -4.81. The Morgan fingerprint density at radius 2 is 1.79 bits per heavy atom. The van der Waals surface area contributed by atoms with E-state index in [0.717, 1.165) is 16.8 Å². The van der Waals surface area contributed by atoms with Gasteiger partial charge < -0.3 is 36.5 Å². The number of halogens is 3. The number of aryl methyl sites for hydroxylation is 3. The van der Waals surface area contributed by atoms with Gasteiger partial charge in [-0.25, -0.2) is 9.18 Å². The standard InChI is InChI=1S/C38H42Cl2FN5O6/c1-3-21(2)33(35(42)49)45-37(51)52-38(17-16-30-27(20-38)26-18-24(39)19-28(40)34(26)44-30)46-36(50)31(14-10-22-8-12-25(47)13-9-22)43-32(48)15-11-23-6-4-5-7-29(23)41/h4-9,12-13,18-19,21,31,33,44,47H,3,10-11,14-17,20H2,1-2H3,(H2,42,49)(H,43,48)(H,45,51)(H,46,50)/t21-,31-,33?,38+/m0/s1. The van der Waals surface area contributed by atoms with Crippen LogP contribution in [-0.4, -0.2) is 51.7 Å². The third-order valence-electron chi connectivity index (χ3n) is 9.58. The van der Waals surface area contributed by atoms with Crippen molar-refractivity contribution < 1.29 is 33.4 Å². The average molecular weight is 755 g/mol. The Balaban J connectivity index is 1.44. The number of alkyl carbamates (subject to hydrolysis) is 1. The number of carbonyl (C=O) groups excluding carboxylic acids is 4. The smallest absolute Gasteiger partial charge is 0.409 e. The molecule has 0 spiro atoms. The number of hydrogen-bond donors (Lipinski definition) is 6. The zero-order valence-electron chi connectivity index (χ0n) is 28.9. The minimum Gasteiger partial charge on any atom is -0.508 e. The van der Waals surface area contributed by atoms with Crippen molar-refractivity contribution in [3.8, 4) is 5.75 Å². The summed E-state index contributed by atoms with van der Waals surface area (Å²) in [5.41, 5.74) is 7.34. The number of aromatic hydroxyl groups is 1. The van der Waals surface area contributed by atoms with E-state index in [1.54, 1.807) is 49.4 Å². The van der Waals surface area contributed by atoms with Gasteiger partial charge in [-0.05, 0) is 78.6 Å². The van der Waals surface area contributed by atoms with Crippen LogP contribution in [0.4, 0.5) is 9.18 Å². The molecule has 0 saturated carbocycles. The lowest BCUT2D eigenvalue weighted by Crippen LogP contribution is -2.61. The molecule has 0 saturated heterocycles. The van der Waals surface area contributed by atoms with E-state index in [1.165, 1.54) is 18.2 Å². The van der Waals surface area contributed by atoms with Crippen molar-refractivity contribution in [1.82, 2.24) is 20.9 Å². The van der Waals surface area contributed by atoms with Crippen LogP contribution >= 0.6 is 23.2 Å². The number of phenolic OH excluding ortho intramolecular Hbond substituents is 1. The highest BCUT2D eigenvalue weighted by Gasteiger charge is 2.43. The molecule has 1 aromatic heterocycles. The van der Waals surface area contributed by atoms with E-state index in [0.29, 0.717) is 45.8 Å². The molecule has 1 unspecified atom stereocenters. The van der Waals surface area contributed by atoms with Crippen LogP contribution in [0.25, 0.3) is 10.9 Å². The zero-order valence-corrected chi connectivity index (χ0v) is 30.4. The van der Waals surface area contributed by atoms with Gasteiger partial charge in [-0.3, -0.25) is 14.4 Å². The predicted molar refractivity (Wildman–Crippen MR) is 196 cm³/mol. The number of nitrogens with two attached hydrogens (primary N) is 1. The number of aromatic amines is 1. The van der Waals surface area contributed by atoms with Crippen LogP contribution in [0.5, 0.6) is 5.75 Å². The van der Waals surface area contributed by atoms with Crippen LogP contribution in [0.15, 0.2) is 60.7 Å². The highest BCUT2D eigenvalue weighted by atomic mass is 35.5. The summed E-state index contributed by atoms with van der Waals surface area (Å²) in [6.07, 6.45) is 0.590. The minimum atomic E-state index is -1.63. The number of phenols is 1. The molecule has 11 nitrogen and oxygen atoms in total. The van der Waals surface area contributed by atoms with E-state index >= 15 is 0 Å². The molecular weight excluding hydrogens is 712 g/mol. The Morgan fingerprint density at radius 3 is 2.48 bits per heavy atom. The Bertz CT molecular complexity index is 1950. The number of carbonyl (C=O) groups is 4. The van der Waals surface area contributed by atoms with E-state index in [4.69, 9.17) is 33.7 Å². The zero-order chi connectivity index (χ0) is 37.6. The maximum absolute atomic E-state index is 14.3. The number of aromatic nitrogens is 1. The molecule has 0 bridgehead atoms. The van der Waals surface area contributed by atoms with E-state index in [9.17, 15) is 28.7 Å². The highest BCUT2D eigenvalue weighted by Crippen LogP contribution is 2.38. The maximum atomic E-state index is 14.3. The third kappa shape index (κ3) is 9.34. The van der Waals surface area contributed by atoms with E-state index in [2.05, 4.69) is 20.9 Å². The first-order chi connectivity index (χ1) is 24.8. The van der Waals surface area contributed by atoms with Gasteiger partial charge >= 0.3 is 6.09 Å². The van der Waals surface area contributed by atoms with Crippen LogP contribution in [0.2, 0.25) is 10.0 Å². The van der Waals surface area contributed by atoms with Gasteiger partial charge in [0.1, 0.15) is 23.7 Å². The lowest BCUT2D eigenvalue weighted by atomic mass is 9.87. The van der Waals surface area contributed by atoms with Crippen LogP contribution in [0.1, 0.15) is 61.9 Å². The summed E-state index contributed by atoms with van der Waals surface area (Å²) in [6.45, 7) is 3.63. The molecule has 1 aliphatic carbocycles. The molecular formula is C38H42Cl2FN5O6. The highest BCUT2D eigenvalue weighted by molar-refractivity contribution is 6.38. The average Bonchev–Trinajstić information content (AvgIpc) is 3.46. The number of ether oxygens (including phenoxy) is 1. The topological polar surface area (TPSA) is 176 Å². The van der Waals surface area contributed by atoms with E-state index < -0.39 is 47.4 Å². The molecule has 1 aliphatic rings. The minimum absolute atomic E-state index is 0.00858. The largest absolute Gasteiger partial charge is 0.508 e. The molecule has 276 valence electrons. The number of primary amides is 1. The van der Waals surface area contributed by atoms with Gasteiger partial charge in [-0.15, -0.1) is 0 Å². The second-order valence-corrected chi connectivity index (χ2v) is 14.1. The molecule has 4 aromatic rings. The molecule has 5 rings (SSSR count). The number of benzene rings is 3. The fourth-order valence-electron chi connectivity index (χ4n) is 6.50. The Morgan fingerprint density at radius 1 is 1.06 bits per heavy atom. The number of H-pyrrole nitrogens is 1. The first-order valence-corrected chi connectivity index (χ1v) is 17.9. The number of nitrogens with one attached hydrogen (secondary N) is 4. The molecule has 3 aromatic carbocycles. The summed E-state index contributed by atoms with van der Waals surface area (Å²) in [5, 5.41) is 19.5. The van der Waals surface area contributed by atoms with Gasteiger partial charge in [-0.2, -0.15) is 0 Å². The first kappa shape index (κ1) is 38.4. The maximum Gasteiger partial charge on any atom is 0.409 e. The molecule has 7 N–H and O–H groups in total. The van der Waals surface area contributed by atoms with Crippen molar-refractivity contribution in [2.75, 3.05) is 0 Å². The van der Waals surface area contributed by atoms with Crippen molar-refractivity contribution in [3.63, 3.8) is 0 Å². The number of fused-ring (bicyclic) bond motifs is 3. The molecule has 0 fully saturated rings. The first-order valence-electron chi connectivity index (χ1n) is 17.2. The van der Waals surface area contributed by atoms with Gasteiger partial charge in [0.05, 0.1) is 10.5 Å². The SMILES string of the molecule is CC[C@H](C)C(NC(=O)O[C@]1(NC(=O)[C@H](CCc2ccc(O)cc2)NC(=O)CCc2ccccc2F)CCc2[nH]c3c(Cl)cc(Cl)cc3c2C1)C(N)=O. The molecule has 0 radical (unpaired) electrons. The quantitative estimate of drug-likeness (QED) is 0.0862. The third-order valence-corrected chi connectivity index (χ3v) is 10.1. The van der Waals surface area contributed by atoms with Gasteiger partial charge in [0, 0.05) is 35.4 Å². The van der Waals surface area contributed by atoms with E-state index in [-0.39, 0.29) is 43.8 Å². The van der Waals surface area contributed by atoms with Crippen LogP contribution in [0.3, 0.4) is 0 Å².